The van der Waals surface area contributed by atoms with Gasteiger partial charge in [-0.15, -0.1) is 0 Å². The number of hydrogen-bond donors (Lipinski definition) is 1. The summed E-state index contributed by atoms with van der Waals surface area (Å²) >= 11 is 0. The van der Waals surface area contributed by atoms with Crippen molar-refractivity contribution in [3.8, 4) is 0 Å². The molecule has 6 nitrogen and oxygen atoms in total. The summed E-state index contributed by atoms with van der Waals surface area (Å²) in [6, 6.07) is 0. The number of methoxy groups -OCH3 is 1. The summed E-state index contributed by atoms with van der Waals surface area (Å²) in [4.78, 5) is 25.8. The van der Waals surface area contributed by atoms with Gasteiger partial charge in [0.05, 0.1) is 12.2 Å². The largest absolute Gasteiger partial charge is 0.393 e. The Kier molecular flexibility index (Phi) is 5.57. The van der Waals surface area contributed by atoms with Crippen LogP contribution in [0.3, 0.4) is 0 Å². The van der Waals surface area contributed by atoms with Crippen LogP contribution in [0.4, 0.5) is 0 Å². The van der Waals surface area contributed by atoms with Gasteiger partial charge in [0, 0.05) is 23.9 Å². The summed E-state index contributed by atoms with van der Waals surface area (Å²) in [6.45, 7) is 4.28. The Bertz CT molecular complexity index is 1010. The highest BCUT2D eigenvalue weighted by atomic mass is 16.7. The average Bonchev–Trinajstić information content (AvgIpc) is 3.25. The molecule has 0 bridgehead atoms. The van der Waals surface area contributed by atoms with E-state index in [4.69, 9.17) is 14.2 Å². The molecular weight excluding hydrogens is 444 g/mol. The second kappa shape index (κ2) is 8.20. The summed E-state index contributed by atoms with van der Waals surface area (Å²) in [6.07, 6.45) is 14.7. The first kappa shape index (κ1) is 23.8. The van der Waals surface area contributed by atoms with E-state index in [-0.39, 0.29) is 47.4 Å². The number of aliphatic hydroxyl groups excluding tert-OH is 1. The zero-order chi connectivity index (χ0) is 24.6. The molecule has 1 N–H and O–H groups in total. The molecule has 0 spiro atoms. The zero-order valence-electron chi connectivity index (χ0n) is 21.1. The second-order valence-corrected chi connectivity index (χ2v) is 12.2. The van der Waals surface area contributed by atoms with Crippen molar-refractivity contribution >= 4 is 11.6 Å². The molecule has 0 radical (unpaired) electrons. The SMILES string of the molecule is COCC(=O)[C@@]12O[C@H](/C=C/C3CCC3)O[C@@H]1C[C@H]1[C@@H]3CCC4=CC(=O)C=C[C@]4(C)[C@H]3[C@@H](O)C[C@@]12C. The number of hydrogen-bond acceptors (Lipinski definition) is 6. The fourth-order valence-electron chi connectivity index (χ4n) is 8.80. The number of allylic oxidation sites excluding steroid dienone is 5. The van der Waals surface area contributed by atoms with Gasteiger partial charge in [-0.3, -0.25) is 9.59 Å². The fourth-order valence-corrected chi connectivity index (χ4v) is 8.80. The van der Waals surface area contributed by atoms with E-state index in [1.807, 2.05) is 12.2 Å². The van der Waals surface area contributed by atoms with Crippen molar-refractivity contribution in [1.29, 1.82) is 0 Å². The molecule has 6 aliphatic rings. The predicted octanol–water partition coefficient (Wildman–Crippen LogP) is 3.93. The molecule has 0 aromatic carbocycles. The van der Waals surface area contributed by atoms with Gasteiger partial charge in [0.15, 0.2) is 23.5 Å². The molecule has 0 aromatic heterocycles. The summed E-state index contributed by atoms with van der Waals surface area (Å²) < 4.78 is 18.4. The molecule has 5 fully saturated rings. The number of rotatable bonds is 5. The quantitative estimate of drug-likeness (QED) is 0.598. The maximum absolute atomic E-state index is 13.8. The smallest absolute Gasteiger partial charge is 0.193 e. The van der Waals surface area contributed by atoms with Crippen LogP contribution in [0.1, 0.15) is 58.8 Å². The molecule has 35 heavy (non-hydrogen) atoms. The van der Waals surface area contributed by atoms with Crippen LogP contribution in [-0.4, -0.2) is 54.5 Å². The Morgan fingerprint density at radius 1 is 1.26 bits per heavy atom. The second-order valence-electron chi connectivity index (χ2n) is 12.2. The molecule has 0 amide bonds. The molecule has 1 saturated heterocycles. The minimum atomic E-state index is -1.12. The molecular formula is C29H38O6. The summed E-state index contributed by atoms with van der Waals surface area (Å²) in [7, 11) is 1.54. The van der Waals surface area contributed by atoms with Crippen LogP contribution in [0.25, 0.3) is 0 Å². The van der Waals surface area contributed by atoms with Crippen LogP contribution in [0, 0.1) is 34.5 Å². The highest BCUT2D eigenvalue weighted by Crippen LogP contribution is 2.69. The Hall–Kier alpha value is -1.60. The number of carbonyl (C=O) groups is 2. The molecule has 6 heteroatoms. The van der Waals surface area contributed by atoms with E-state index < -0.39 is 23.4 Å². The van der Waals surface area contributed by atoms with Gasteiger partial charge >= 0.3 is 0 Å². The van der Waals surface area contributed by atoms with Gasteiger partial charge < -0.3 is 19.3 Å². The van der Waals surface area contributed by atoms with Gasteiger partial charge in [0.25, 0.3) is 0 Å². The van der Waals surface area contributed by atoms with Crippen LogP contribution in [-0.2, 0) is 23.8 Å². The van der Waals surface area contributed by atoms with Crippen LogP contribution in [0.15, 0.2) is 36.0 Å². The number of aliphatic hydroxyl groups is 1. The lowest BCUT2D eigenvalue weighted by atomic mass is 9.46. The van der Waals surface area contributed by atoms with E-state index in [0.717, 1.165) is 24.8 Å². The van der Waals surface area contributed by atoms with Crippen molar-refractivity contribution in [1.82, 2.24) is 0 Å². The summed E-state index contributed by atoms with van der Waals surface area (Å²) in [5, 5.41) is 11.7. The van der Waals surface area contributed by atoms with E-state index in [1.54, 1.807) is 19.3 Å². The molecule has 6 rings (SSSR count). The van der Waals surface area contributed by atoms with Crippen molar-refractivity contribution in [2.75, 3.05) is 13.7 Å². The number of carbonyl (C=O) groups excluding carboxylic acids is 2. The van der Waals surface area contributed by atoms with Crippen LogP contribution in [0.5, 0.6) is 0 Å². The number of ether oxygens (including phenoxy) is 3. The molecule has 9 atom stereocenters. The first-order chi connectivity index (χ1) is 16.7. The van der Waals surface area contributed by atoms with E-state index in [0.29, 0.717) is 12.3 Å². The normalized spacial score (nSPS) is 48.7. The first-order valence-electron chi connectivity index (χ1n) is 13.4. The van der Waals surface area contributed by atoms with Gasteiger partial charge in [0.2, 0.25) is 0 Å². The minimum absolute atomic E-state index is 0.00707. The maximum atomic E-state index is 13.8. The molecule has 0 aromatic rings. The monoisotopic (exact) mass is 482 g/mol. The van der Waals surface area contributed by atoms with Crippen molar-refractivity contribution in [2.45, 2.75) is 82.9 Å². The molecule has 4 saturated carbocycles. The average molecular weight is 483 g/mol. The molecule has 190 valence electrons. The Morgan fingerprint density at radius 2 is 2.06 bits per heavy atom. The van der Waals surface area contributed by atoms with Crippen molar-refractivity contribution in [3.05, 3.63) is 36.0 Å². The van der Waals surface area contributed by atoms with Gasteiger partial charge in [0.1, 0.15) is 6.61 Å². The lowest BCUT2D eigenvalue weighted by Gasteiger charge is -2.59. The van der Waals surface area contributed by atoms with Crippen LogP contribution in [0.2, 0.25) is 0 Å². The van der Waals surface area contributed by atoms with Crippen LogP contribution >= 0.6 is 0 Å². The lowest BCUT2D eigenvalue weighted by molar-refractivity contribution is -0.193. The van der Waals surface area contributed by atoms with Gasteiger partial charge in [-0.05, 0) is 74.5 Å². The van der Waals surface area contributed by atoms with Gasteiger partial charge in [-0.2, -0.15) is 0 Å². The van der Waals surface area contributed by atoms with E-state index in [9.17, 15) is 14.7 Å². The zero-order valence-corrected chi connectivity index (χ0v) is 21.1. The third-order valence-electron chi connectivity index (χ3n) is 10.6. The predicted molar refractivity (Wildman–Crippen MR) is 129 cm³/mol. The van der Waals surface area contributed by atoms with E-state index in [2.05, 4.69) is 19.9 Å². The third kappa shape index (κ3) is 3.22. The third-order valence-corrected chi connectivity index (χ3v) is 10.6. The highest BCUT2D eigenvalue weighted by Gasteiger charge is 2.75. The minimum Gasteiger partial charge on any atom is -0.393 e. The number of ketones is 2. The Labute approximate surface area is 207 Å². The fraction of sp³-hybridized carbons (Fsp3) is 0.724. The molecule has 1 aliphatic heterocycles. The Morgan fingerprint density at radius 3 is 2.77 bits per heavy atom. The highest BCUT2D eigenvalue weighted by molar-refractivity contribution is 6.01. The molecule has 1 heterocycles. The van der Waals surface area contributed by atoms with Crippen molar-refractivity contribution in [3.63, 3.8) is 0 Å². The van der Waals surface area contributed by atoms with Crippen molar-refractivity contribution in [2.24, 2.45) is 34.5 Å². The maximum Gasteiger partial charge on any atom is 0.193 e. The molecule has 0 unspecified atom stereocenters. The van der Waals surface area contributed by atoms with Gasteiger partial charge in [-0.25, -0.2) is 0 Å². The first-order valence-corrected chi connectivity index (χ1v) is 13.4. The lowest BCUT2D eigenvalue weighted by Crippen LogP contribution is -2.63. The number of Topliss-reactive ketones (excluding diaryl/α,β-unsaturated/α-hetero) is 1. The molecule has 5 aliphatic carbocycles. The van der Waals surface area contributed by atoms with E-state index >= 15 is 0 Å². The van der Waals surface area contributed by atoms with Crippen LogP contribution < -0.4 is 0 Å². The standard InChI is InChI=1S/C29H38O6/c1-27-12-11-19(30)13-18(27)8-9-20-21-14-24-29(23(32)16-33-3,28(21,2)15-22(31)26(20)27)35-25(34-24)10-7-17-5-4-6-17/h7,10-13,17,20-22,24-26,31H,4-6,8-9,14-16H2,1-3H3/b10-7+/t20-,21-,22-,24+,25+,26+,27-,28-,29+/m0/s1. The van der Waals surface area contributed by atoms with Gasteiger partial charge in [-0.1, -0.05) is 38.0 Å². The Balaban J connectivity index is 1.35. The van der Waals surface area contributed by atoms with E-state index in [1.165, 1.54) is 19.3 Å². The summed E-state index contributed by atoms with van der Waals surface area (Å²) in [5.74, 6) is 0.946. The number of fused-ring (bicyclic) bond motifs is 7. The topological polar surface area (TPSA) is 82.1 Å². The summed E-state index contributed by atoms with van der Waals surface area (Å²) in [5.41, 5.74) is -0.886. The van der Waals surface area contributed by atoms with Crippen molar-refractivity contribution < 1.29 is 28.9 Å².